The van der Waals surface area contributed by atoms with Crippen molar-refractivity contribution in [2.75, 3.05) is 0 Å². The van der Waals surface area contributed by atoms with E-state index in [4.69, 9.17) is 0 Å². The van der Waals surface area contributed by atoms with Crippen molar-refractivity contribution in [2.45, 2.75) is 52.9 Å². The molecule has 0 aromatic carbocycles. The molecule has 0 saturated heterocycles. The molecule has 0 bridgehead atoms. The number of hydrogen-bond donors (Lipinski definition) is 1. The van der Waals surface area contributed by atoms with Crippen LogP contribution in [0.4, 0.5) is 0 Å². The maximum atomic E-state index is 4.34. The molecule has 2 aromatic heterocycles. The summed E-state index contributed by atoms with van der Waals surface area (Å²) in [5.41, 5.74) is 2.45. The van der Waals surface area contributed by atoms with Gasteiger partial charge in [-0.1, -0.05) is 6.92 Å². The predicted molar refractivity (Wildman–Crippen MR) is 82.9 cm³/mol. The van der Waals surface area contributed by atoms with Crippen molar-refractivity contribution in [3.8, 4) is 0 Å². The molecule has 6 heteroatoms. The molecule has 112 valence electrons. The fraction of sp³-hybridized carbons (Fsp3) is 0.571. The minimum absolute atomic E-state index is 0. The summed E-state index contributed by atoms with van der Waals surface area (Å²) in [6, 6.07) is 2.49. The van der Waals surface area contributed by atoms with Crippen LogP contribution in [0.15, 0.2) is 24.7 Å². The topological polar surface area (TPSA) is 47.7 Å². The van der Waals surface area contributed by atoms with Gasteiger partial charge in [-0.25, -0.2) is 0 Å². The van der Waals surface area contributed by atoms with Crippen LogP contribution in [0.5, 0.6) is 0 Å². The summed E-state index contributed by atoms with van der Waals surface area (Å²) in [5, 5.41) is 12.1. The van der Waals surface area contributed by atoms with Crippen molar-refractivity contribution in [1.82, 2.24) is 24.9 Å². The minimum Gasteiger partial charge on any atom is -0.307 e. The first kappa shape index (κ1) is 16.7. The van der Waals surface area contributed by atoms with E-state index in [1.54, 1.807) is 0 Å². The van der Waals surface area contributed by atoms with Crippen LogP contribution in [-0.4, -0.2) is 19.6 Å². The van der Waals surface area contributed by atoms with Crippen molar-refractivity contribution >= 4 is 12.4 Å². The monoisotopic (exact) mass is 297 g/mol. The van der Waals surface area contributed by atoms with Crippen LogP contribution in [0.2, 0.25) is 0 Å². The molecule has 0 aliphatic heterocycles. The first-order valence-corrected chi connectivity index (χ1v) is 6.95. The van der Waals surface area contributed by atoms with E-state index < -0.39 is 0 Å². The molecular formula is C14H24ClN5. The van der Waals surface area contributed by atoms with Gasteiger partial charge in [-0.05, 0) is 26.3 Å². The molecule has 0 radical (unpaired) electrons. The van der Waals surface area contributed by atoms with E-state index in [0.29, 0.717) is 6.04 Å². The average Bonchev–Trinajstić information content (AvgIpc) is 3.00. The summed E-state index contributed by atoms with van der Waals surface area (Å²) in [6.07, 6.45) is 7.00. The van der Waals surface area contributed by atoms with Gasteiger partial charge < -0.3 is 5.32 Å². The van der Waals surface area contributed by atoms with Gasteiger partial charge in [0.2, 0.25) is 0 Å². The van der Waals surface area contributed by atoms with Crippen molar-refractivity contribution in [3.05, 3.63) is 35.9 Å². The van der Waals surface area contributed by atoms with Crippen molar-refractivity contribution in [2.24, 2.45) is 0 Å². The van der Waals surface area contributed by atoms with Crippen molar-refractivity contribution in [3.63, 3.8) is 0 Å². The first-order valence-electron chi connectivity index (χ1n) is 6.95. The molecule has 0 aliphatic rings. The van der Waals surface area contributed by atoms with Gasteiger partial charge in [0.1, 0.15) is 0 Å². The molecule has 0 unspecified atom stereocenters. The van der Waals surface area contributed by atoms with Crippen LogP contribution >= 0.6 is 12.4 Å². The quantitative estimate of drug-likeness (QED) is 0.855. The molecule has 5 nitrogen and oxygen atoms in total. The Labute approximate surface area is 126 Å². The fourth-order valence-electron chi connectivity index (χ4n) is 2.01. The van der Waals surface area contributed by atoms with Gasteiger partial charge >= 0.3 is 0 Å². The van der Waals surface area contributed by atoms with Crippen LogP contribution in [0.3, 0.4) is 0 Å². The summed E-state index contributed by atoms with van der Waals surface area (Å²) < 4.78 is 4.04. The Morgan fingerprint density at radius 3 is 2.70 bits per heavy atom. The van der Waals surface area contributed by atoms with Gasteiger partial charge in [-0.2, -0.15) is 10.2 Å². The normalized spacial score (nSPS) is 10.8. The van der Waals surface area contributed by atoms with Crippen LogP contribution in [0.1, 0.15) is 44.5 Å². The summed E-state index contributed by atoms with van der Waals surface area (Å²) in [7, 11) is 0. The highest BCUT2D eigenvalue weighted by Crippen LogP contribution is 2.06. The third-order valence-electron chi connectivity index (χ3n) is 3.06. The number of aromatic nitrogens is 4. The van der Waals surface area contributed by atoms with Gasteiger partial charge in [0.25, 0.3) is 0 Å². The lowest BCUT2D eigenvalue weighted by atomic mass is 10.3. The Kier molecular flexibility index (Phi) is 6.75. The zero-order valence-corrected chi connectivity index (χ0v) is 13.2. The van der Waals surface area contributed by atoms with Gasteiger partial charge in [0, 0.05) is 43.6 Å². The Bertz CT molecular complexity index is 503. The predicted octanol–water partition coefficient (Wildman–Crippen LogP) is 2.78. The molecular weight excluding hydrogens is 274 g/mol. The van der Waals surface area contributed by atoms with Crippen LogP contribution in [-0.2, 0) is 19.6 Å². The van der Waals surface area contributed by atoms with E-state index in [2.05, 4.69) is 53.2 Å². The SMILES string of the molecule is CCCn1nccc1CNCc1cnn(C(C)C)c1.Cl. The molecule has 0 amide bonds. The molecule has 2 rings (SSSR count). The van der Waals surface area contributed by atoms with Gasteiger partial charge in [0.05, 0.1) is 11.9 Å². The molecule has 0 saturated carbocycles. The van der Waals surface area contributed by atoms with E-state index in [-0.39, 0.29) is 12.4 Å². The lowest BCUT2D eigenvalue weighted by Crippen LogP contribution is -2.16. The minimum atomic E-state index is 0. The maximum absolute atomic E-state index is 4.34. The second-order valence-corrected chi connectivity index (χ2v) is 5.07. The highest BCUT2D eigenvalue weighted by molar-refractivity contribution is 5.85. The summed E-state index contributed by atoms with van der Waals surface area (Å²) in [6.45, 7) is 9.09. The summed E-state index contributed by atoms with van der Waals surface area (Å²) in [4.78, 5) is 0. The highest BCUT2D eigenvalue weighted by atomic mass is 35.5. The van der Waals surface area contributed by atoms with E-state index in [9.17, 15) is 0 Å². The smallest absolute Gasteiger partial charge is 0.0534 e. The zero-order valence-electron chi connectivity index (χ0n) is 12.4. The lowest BCUT2D eigenvalue weighted by molar-refractivity contribution is 0.530. The number of hydrogen-bond acceptors (Lipinski definition) is 3. The molecule has 2 heterocycles. The Hall–Kier alpha value is -1.33. The summed E-state index contributed by atoms with van der Waals surface area (Å²) in [5.74, 6) is 0. The summed E-state index contributed by atoms with van der Waals surface area (Å²) >= 11 is 0. The van der Waals surface area contributed by atoms with Crippen LogP contribution in [0, 0.1) is 0 Å². The third kappa shape index (κ3) is 4.35. The van der Waals surface area contributed by atoms with Crippen LogP contribution in [0.25, 0.3) is 0 Å². The third-order valence-corrected chi connectivity index (χ3v) is 3.06. The zero-order chi connectivity index (χ0) is 13.7. The number of halogens is 1. The Morgan fingerprint density at radius 2 is 2.05 bits per heavy atom. The van der Waals surface area contributed by atoms with E-state index in [0.717, 1.165) is 26.1 Å². The standard InChI is InChI=1S/C14H23N5.ClH/c1-4-7-18-14(5-6-16-18)10-15-8-13-9-17-19(11-13)12(2)3;/h5-6,9,11-12,15H,4,7-8,10H2,1-3H3;1H. The van der Waals surface area contributed by atoms with E-state index >= 15 is 0 Å². The van der Waals surface area contributed by atoms with Crippen LogP contribution < -0.4 is 5.32 Å². The lowest BCUT2D eigenvalue weighted by Gasteiger charge is -2.07. The molecule has 0 aliphatic carbocycles. The number of nitrogens with zero attached hydrogens (tertiary/aromatic N) is 4. The molecule has 1 N–H and O–H groups in total. The number of aryl methyl sites for hydroxylation is 1. The Balaban J connectivity index is 0.00000200. The number of nitrogens with one attached hydrogen (secondary N) is 1. The van der Waals surface area contributed by atoms with Gasteiger partial charge in [-0.3, -0.25) is 9.36 Å². The molecule has 0 atom stereocenters. The van der Waals surface area contributed by atoms with Crippen molar-refractivity contribution in [1.29, 1.82) is 0 Å². The van der Waals surface area contributed by atoms with Gasteiger partial charge in [-0.15, -0.1) is 12.4 Å². The van der Waals surface area contributed by atoms with Crippen molar-refractivity contribution < 1.29 is 0 Å². The van der Waals surface area contributed by atoms with E-state index in [1.165, 1.54) is 11.3 Å². The Morgan fingerprint density at radius 1 is 1.25 bits per heavy atom. The molecule has 0 fully saturated rings. The second kappa shape index (κ2) is 8.07. The fourth-order valence-corrected chi connectivity index (χ4v) is 2.01. The number of rotatable bonds is 7. The molecule has 0 spiro atoms. The largest absolute Gasteiger partial charge is 0.307 e. The highest BCUT2D eigenvalue weighted by Gasteiger charge is 2.03. The van der Waals surface area contributed by atoms with E-state index in [1.807, 2.05) is 17.1 Å². The second-order valence-electron chi connectivity index (χ2n) is 5.07. The average molecular weight is 298 g/mol. The van der Waals surface area contributed by atoms with Gasteiger partial charge in [0.15, 0.2) is 0 Å². The molecule has 2 aromatic rings. The molecule has 20 heavy (non-hydrogen) atoms. The first-order chi connectivity index (χ1) is 9.20. The maximum Gasteiger partial charge on any atom is 0.0534 e.